The number of aliphatic hydroxyl groups is 1. The summed E-state index contributed by atoms with van der Waals surface area (Å²) in [6.45, 7) is -0.0446. The van der Waals surface area contributed by atoms with E-state index in [-0.39, 0.29) is 24.1 Å². The average Bonchev–Trinajstić information content (AvgIpc) is 2.82. The molecule has 0 aliphatic heterocycles. The largest absolute Gasteiger partial charge is 0.396 e. The van der Waals surface area contributed by atoms with Gasteiger partial charge in [0, 0.05) is 24.1 Å². The molecule has 104 valence electrons. The summed E-state index contributed by atoms with van der Waals surface area (Å²) in [6.07, 6.45) is 2.39. The second kappa shape index (κ2) is 5.61. The highest BCUT2D eigenvalue weighted by Crippen LogP contribution is 2.25. The van der Waals surface area contributed by atoms with Gasteiger partial charge in [0.05, 0.1) is 0 Å². The van der Waals surface area contributed by atoms with Crippen LogP contribution in [0.3, 0.4) is 0 Å². The molecular formula is C13H14F3NO2. The molecule has 19 heavy (non-hydrogen) atoms. The number of amides is 1. The molecule has 1 aliphatic carbocycles. The van der Waals surface area contributed by atoms with Crippen LogP contribution in [0.25, 0.3) is 0 Å². The summed E-state index contributed by atoms with van der Waals surface area (Å²) in [4.78, 5) is 11.8. The van der Waals surface area contributed by atoms with Gasteiger partial charge in [-0.3, -0.25) is 4.79 Å². The fourth-order valence-corrected chi connectivity index (χ4v) is 2.38. The van der Waals surface area contributed by atoms with E-state index < -0.39 is 23.4 Å². The molecule has 2 rings (SSSR count). The standard InChI is InChI=1S/C13H14F3NO2/c14-9-4-8(5-10(15)12(9)16)13(19)17-11-3-1-2-7(11)6-18/h4-5,7,11,18H,1-3,6H2,(H,17,19). The van der Waals surface area contributed by atoms with E-state index in [2.05, 4.69) is 5.32 Å². The molecule has 1 aliphatic rings. The molecule has 1 fully saturated rings. The molecule has 0 heterocycles. The maximum atomic E-state index is 13.0. The zero-order valence-electron chi connectivity index (χ0n) is 10.1. The van der Waals surface area contributed by atoms with Crippen LogP contribution in [0, 0.1) is 23.4 Å². The summed E-state index contributed by atoms with van der Waals surface area (Å²) in [6, 6.07) is 1.11. The molecule has 1 amide bonds. The smallest absolute Gasteiger partial charge is 0.251 e. The summed E-state index contributed by atoms with van der Waals surface area (Å²) in [5, 5.41) is 11.7. The number of carbonyl (C=O) groups excluding carboxylic acids is 1. The maximum Gasteiger partial charge on any atom is 0.251 e. The van der Waals surface area contributed by atoms with E-state index in [9.17, 15) is 18.0 Å². The molecule has 0 saturated heterocycles. The molecule has 2 unspecified atom stereocenters. The van der Waals surface area contributed by atoms with Gasteiger partial charge in [0.25, 0.3) is 5.91 Å². The van der Waals surface area contributed by atoms with Gasteiger partial charge < -0.3 is 10.4 Å². The van der Waals surface area contributed by atoms with Crippen molar-refractivity contribution in [3.05, 3.63) is 35.1 Å². The Kier molecular flexibility index (Phi) is 4.09. The molecule has 0 bridgehead atoms. The molecule has 1 saturated carbocycles. The van der Waals surface area contributed by atoms with E-state index >= 15 is 0 Å². The third-order valence-corrected chi connectivity index (χ3v) is 3.46. The van der Waals surface area contributed by atoms with Gasteiger partial charge in [0.15, 0.2) is 17.5 Å². The second-order valence-corrected chi connectivity index (χ2v) is 4.71. The normalized spacial score (nSPS) is 22.5. The number of aliphatic hydroxyl groups excluding tert-OH is 1. The Balaban J connectivity index is 2.12. The summed E-state index contributed by atoms with van der Waals surface area (Å²) in [7, 11) is 0. The first-order valence-electron chi connectivity index (χ1n) is 6.09. The monoisotopic (exact) mass is 273 g/mol. The van der Waals surface area contributed by atoms with E-state index in [0.717, 1.165) is 12.8 Å². The molecular weight excluding hydrogens is 259 g/mol. The third-order valence-electron chi connectivity index (χ3n) is 3.46. The van der Waals surface area contributed by atoms with Crippen LogP contribution in [-0.4, -0.2) is 23.7 Å². The highest BCUT2D eigenvalue weighted by molar-refractivity contribution is 5.94. The van der Waals surface area contributed by atoms with Crippen LogP contribution in [0.4, 0.5) is 13.2 Å². The van der Waals surface area contributed by atoms with Crippen molar-refractivity contribution >= 4 is 5.91 Å². The van der Waals surface area contributed by atoms with Crippen molar-refractivity contribution in [1.82, 2.24) is 5.32 Å². The Morgan fingerprint density at radius 1 is 1.26 bits per heavy atom. The number of hydrogen-bond donors (Lipinski definition) is 2. The second-order valence-electron chi connectivity index (χ2n) is 4.71. The van der Waals surface area contributed by atoms with E-state index in [1.807, 2.05) is 0 Å². The van der Waals surface area contributed by atoms with Gasteiger partial charge in [0.1, 0.15) is 0 Å². The lowest BCUT2D eigenvalue weighted by molar-refractivity contribution is 0.0915. The summed E-state index contributed by atoms with van der Waals surface area (Å²) in [5.41, 5.74) is -0.264. The SMILES string of the molecule is O=C(NC1CCCC1CO)c1cc(F)c(F)c(F)c1. The Hall–Kier alpha value is -1.56. The van der Waals surface area contributed by atoms with E-state index in [1.54, 1.807) is 0 Å². The fourth-order valence-electron chi connectivity index (χ4n) is 2.38. The number of nitrogens with one attached hydrogen (secondary N) is 1. The number of carbonyl (C=O) groups is 1. The lowest BCUT2D eigenvalue weighted by Crippen LogP contribution is -2.38. The first kappa shape index (κ1) is 13.9. The summed E-state index contributed by atoms with van der Waals surface area (Å²) >= 11 is 0. The van der Waals surface area contributed by atoms with Gasteiger partial charge in [-0.25, -0.2) is 13.2 Å². The minimum atomic E-state index is -1.59. The van der Waals surface area contributed by atoms with Crippen molar-refractivity contribution in [1.29, 1.82) is 0 Å². The molecule has 2 atom stereocenters. The van der Waals surface area contributed by atoms with Gasteiger partial charge >= 0.3 is 0 Å². The topological polar surface area (TPSA) is 49.3 Å². The Labute approximate surface area is 108 Å². The first-order valence-corrected chi connectivity index (χ1v) is 6.09. The Bertz CT molecular complexity index is 470. The van der Waals surface area contributed by atoms with Crippen molar-refractivity contribution in [2.24, 2.45) is 5.92 Å². The average molecular weight is 273 g/mol. The Morgan fingerprint density at radius 2 is 1.89 bits per heavy atom. The number of benzene rings is 1. The highest BCUT2D eigenvalue weighted by atomic mass is 19.2. The number of rotatable bonds is 3. The molecule has 0 aromatic heterocycles. The van der Waals surface area contributed by atoms with Crippen molar-refractivity contribution in [3.8, 4) is 0 Å². The van der Waals surface area contributed by atoms with Gasteiger partial charge in [-0.2, -0.15) is 0 Å². The fraction of sp³-hybridized carbons (Fsp3) is 0.462. The van der Waals surface area contributed by atoms with Gasteiger partial charge in [-0.05, 0) is 25.0 Å². The summed E-state index contributed by atoms with van der Waals surface area (Å²) in [5.74, 6) is -5.08. The van der Waals surface area contributed by atoms with E-state index in [1.165, 1.54) is 0 Å². The van der Waals surface area contributed by atoms with Crippen LogP contribution in [0.5, 0.6) is 0 Å². The van der Waals surface area contributed by atoms with Crippen LogP contribution in [0.1, 0.15) is 29.6 Å². The van der Waals surface area contributed by atoms with Crippen LogP contribution < -0.4 is 5.32 Å². The molecule has 1 aromatic rings. The Morgan fingerprint density at radius 3 is 2.47 bits per heavy atom. The van der Waals surface area contributed by atoms with Crippen LogP contribution >= 0.6 is 0 Å². The van der Waals surface area contributed by atoms with E-state index in [0.29, 0.717) is 18.6 Å². The highest BCUT2D eigenvalue weighted by Gasteiger charge is 2.28. The van der Waals surface area contributed by atoms with Crippen LogP contribution in [-0.2, 0) is 0 Å². The van der Waals surface area contributed by atoms with Crippen molar-refractivity contribution in [2.45, 2.75) is 25.3 Å². The van der Waals surface area contributed by atoms with Crippen molar-refractivity contribution in [2.75, 3.05) is 6.61 Å². The zero-order valence-corrected chi connectivity index (χ0v) is 10.1. The van der Waals surface area contributed by atoms with Gasteiger partial charge in [-0.1, -0.05) is 6.42 Å². The minimum Gasteiger partial charge on any atom is -0.396 e. The first-order chi connectivity index (χ1) is 9.02. The van der Waals surface area contributed by atoms with E-state index in [4.69, 9.17) is 5.11 Å². The molecule has 1 aromatic carbocycles. The molecule has 2 N–H and O–H groups in total. The minimum absolute atomic E-state index is 0.0425. The van der Waals surface area contributed by atoms with Gasteiger partial charge in [0.2, 0.25) is 0 Å². The van der Waals surface area contributed by atoms with Crippen molar-refractivity contribution < 1.29 is 23.1 Å². The quantitative estimate of drug-likeness (QED) is 0.827. The van der Waals surface area contributed by atoms with Gasteiger partial charge in [-0.15, -0.1) is 0 Å². The zero-order chi connectivity index (χ0) is 14.0. The molecule has 0 radical (unpaired) electrons. The number of halogens is 3. The number of hydrogen-bond acceptors (Lipinski definition) is 2. The lowest BCUT2D eigenvalue weighted by atomic mass is 10.0. The predicted octanol–water partition coefficient (Wildman–Crippen LogP) is 1.99. The molecule has 6 heteroatoms. The summed E-state index contributed by atoms with van der Waals surface area (Å²) < 4.78 is 38.8. The van der Waals surface area contributed by atoms with Crippen LogP contribution in [0.2, 0.25) is 0 Å². The van der Waals surface area contributed by atoms with Crippen molar-refractivity contribution in [3.63, 3.8) is 0 Å². The maximum absolute atomic E-state index is 13.0. The van der Waals surface area contributed by atoms with Crippen LogP contribution in [0.15, 0.2) is 12.1 Å². The molecule has 3 nitrogen and oxygen atoms in total. The molecule has 0 spiro atoms. The lowest BCUT2D eigenvalue weighted by Gasteiger charge is -2.19. The predicted molar refractivity (Wildman–Crippen MR) is 62.0 cm³/mol. The third kappa shape index (κ3) is 2.89.